The molecule has 2 heterocycles. The summed E-state index contributed by atoms with van der Waals surface area (Å²) < 4.78 is 5.23. The molecule has 0 radical (unpaired) electrons. The van der Waals surface area contributed by atoms with E-state index in [1.165, 1.54) is 5.56 Å². The molecule has 6 heteroatoms. The fourth-order valence-corrected chi connectivity index (χ4v) is 4.57. The predicted molar refractivity (Wildman–Crippen MR) is 110 cm³/mol. The van der Waals surface area contributed by atoms with Crippen molar-refractivity contribution in [2.75, 3.05) is 33.3 Å². The van der Waals surface area contributed by atoms with E-state index in [4.69, 9.17) is 4.74 Å². The van der Waals surface area contributed by atoms with Crippen molar-refractivity contribution in [2.24, 2.45) is 0 Å². The van der Waals surface area contributed by atoms with Gasteiger partial charge in [-0.25, -0.2) is 4.98 Å². The topological polar surface area (TPSA) is 45.7 Å². The Kier molecular flexibility index (Phi) is 6.85. The number of rotatable bonds is 6. The molecule has 1 aliphatic rings. The third kappa shape index (κ3) is 5.08. The van der Waals surface area contributed by atoms with Crippen LogP contribution in [0.4, 0.5) is 0 Å². The molecule has 0 atom stereocenters. The molecule has 146 valence electrons. The second kappa shape index (κ2) is 9.33. The fourth-order valence-electron chi connectivity index (χ4n) is 3.44. The van der Waals surface area contributed by atoms with Crippen LogP contribution < -0.4 is 4.74 Å². The monoisotopic (exact) mass is 387 g/mol. The molecule has 1 aromatic carbocycles. The molecule has 27 heavy (non-hydrogen) atoms. The van der Waals surface area contributed by atoms with Crippen molar-refractivity contribution in [1.82, 2.24) is 14.8 Å². The molecular formula is C21H29N3O2S. The van der Waals surface area contributed by atoms with Crippen molar-refractivity contribution in [1.29, 1.82) is 0 Å². The maximum atomic E-state index is 13.0. The molecule has 5 nitrogen and oxygen atoms in total. The number of methoxy groups -OCH3 is 1. The number of thiazole rings is 1. The lowest BCUT2D eigenvalue weighted by Gasteiger charge is -2.22. The Morgan fingerprint density at radius 3 is 2.67 bits per heavy atom. The van der Waals surface area contributed by atoms with Gasteiger partial charge in [0.2, 0.25) is 0 Å². The first-order valence-corrected chi connectivity index (χ1v) is 10.5. The highest BCUT2D eigenvalue weighted by atomic mass is 32.1. The number of carbonyl (C=O) groups is 1. The van der Waals surface area contributed by atoms with Crippen LogP contribution in [0.25, 0.3) is 0 Å². The van der Waals surface area contributed by atoms with Crippen LogP contribution in [0.3, 0.4) is 0 Å². The van der Waals surface area contributed by atoms with Crippen molar-refractivity contribution in [2.45, 2.75) is 39.7 Å². The predicted octanol–water partition coefficient (Wildman–Crippen LogP) is 3.76. The first-order valence-electron chi connectivity index (χ1n) is 9.71. The molecule has 1 amide bonds. The molecule has 0 saturated carbocycles. The van der Waals surface area contributed by atoms with E-state index in [0.717, 1.165) is 73.3 Å². The Hall–Kier alpha value is -1.92. The van der Waals surface area contributed by atoms with Gasteiger partial charge in [-0.1, -0.05) is 19.1 Å². The summed E-state index contributed by atoms with van der Waals surface area (Å²) in [6.45, 7) is 8.51. The number of aryl methyl sites for hydroxylation is 2. The zero-order valence-corrected chi connectivity index (χ0v) is 17.3. The summed E-state index contributed by atoms with van der Waals surface area (Å²) in [7, 11) is 1.69. The second-order valence-corrected chi connectivity index (χ2v) is 8.13. The first-order chi connectivity index (χ1) is 13.1. The van der Waals surface area contributed by atoms with Crippen LogP contribution in [-0.4, -0.2) is 54.0 Å². The minimum absolute atomic E-state index is 0.152. The molecule has 0 N–H and O–H groups in total. The smallest absolute Gasteiger partial charge is 0.265 e. The average Bonchev–Trinajstić information content (AvgIpc) is 2.89. The van der Waals surface area contributed by atoms with E-state index in [-0.39, 0.29) is 5.91 Å². The van der Waals surface area contributed by atoms with Gasteiger partial charge in [-0.3, -0.25) is 9.69 Å². The van der Waals surface area contributed by atoms with Gasteiger partial charge < -0.3 is 9.64 Å². The Bertz CT molecular complexity index is 757. The third-order valence-corrected chi connectivity index (χ3v) is 6.15. The van der Waals surface area contributed by atoms with Crippen LogP contribution in [0.2, 0.25) is 0 Å². The molecule has 1 aliphatic heterocycles. The minimum Gasteiger partial charge on any atom is -0.497 e. The lowest BCUT2D eigenvalue weighted by Crippen LogP contribution is -2.35. The van der Waals surface area contributed by atoms with Gasteiger partial charge in [-0.05, 0) is 43.9 Å². The summed E-state index contributed by atoms with van der Waals surface area (Å²) in [5.74, 6) is 1.03. The molecule has 1 saturated heterocycles. The number of amides is 1. The van der Waals surface area contributed by atoms with Gasteiger partial charge in [0.1, 0.15) is 10.6 Å². The highest BCUT2D eigenvalue weighted by Gasteiger charge is 2.24. The van der Waals surface area contributed by atoms with Crippen molar-refractivity contribution in [3.63, 3.8) is 0 Å². The van der Waals surface area contributed by atoms with Gasteiger partial charge in [0.25, 0.3) is 5.91 Å². The van der Waals surface area contributed by atoms with E-state index in [1.807, 2.05) is 24.0 Å². The largest absolute Gasteiger partial charge is 0.497 e. The lowest BCUT2D eigenvalue weighted by molar-refractivity contribution is 0.0765. The van der Waals surface area contributed by atoms with Crippen LogP contribution in [0.5, 0.6) is 5.75 Å². The Labute approximate surface area is 166 Å². The SMILES string of the molecule is CCCc1nc(C)c(C(=O)N2CCCN(Cc3ccc(OC)cc3)CC2)s1. The second-order valence-electron chi connectivity index (χ2n) is 7.04. The highest BCUT2D eigenvalue weighted by Crippen LogP contribution is 2.22. The zero-order valence-electron chi connectivity index (χ0n) is 16.5. The molecule has 0 spiro atoms. The summed E-state index contributed by atoms with van der Waals surface area (Å²) in [4.78, 5) is 22.8. The van der Waals surface area contributed by atoms with Crippen molar-refractivity contribution in [3.05, 3.63) is 45.4 Å². The fraction of sp³-hybridized carbons (Fsp3) is 0.524. The van der Waals surface area contributed by atoms with Gasteiger partial charge >= 0.3 is 0 Å². The Morgan fingerprint density at radius 1 is 1.19 bits per heavy atom. The molecular weight excluding hydrogens is 358 g/mol. The van der Waals surface area contributed by atoms with E-state index in [0.29, 0.717) is 0 Å². The Morgan fingerprint density at radius 2 is 1.96 bits per heavy atom. The van der Waals surface area contributed by atoms with Gasteiger partial charge in [0.15, 0.2) is 0 Å². The van der Waals surface area contributed by atoms with E-state index >= 15 is 0 Å². The summed E-state index contributed by atoms with van der Waals surface area (Å²) in [6, 6.07) is 8.23. The van der Waals surface area contributed by atoms with Gasteiger partial charge in [-0.15, -0.1) is 11.3 Å². The van der Waals surface area contributed by atoms with Crippen molar-refractivity contribution < 1.29 is 9.53 Å². The molecule has 3 rings (SSSR count). The van der Waals surface area contributed by atoms with Crippen LogP contribution in [0.1, 0.15) is 45.7 Å². The van der Waals surface area contributed by atoms with Crippen LogP contribution in [0, 0.1) is 6.92 Å². The highest BCUT2D eigenvalue weighted by molar-refractivity contribution is 7.13. The number of benzene rings is 1. The summed E-state index contributed by atoms with van der Waals surface area (Å²) >= 11 is 1.57. The van der Waals surface area contributed by atoms with Crippen LogP contribution in [-0.2, 0) is 13.0 Å². The van der Waals surface area contributed by atoms with E-state index in [2.05, 4.69) is 28.9 Å². The molecule has 1 fully saturated rings. The standard InChI is InChI=1S/C21H29N3O2S/c1-4-6-19-22-16(2)20(27-19)21(25)24-12-5-11-23(13-14-24)15-17-7-9-18(26-3)10-8-17/h7-10H,4-6,11-15H2,1-3H3. The van der Waals surface area contributed by atoms with Crippen LogP contribution in [0.15, 0.2) is 24.3 Å². The number of aromatic nitrogens is 1. The van der Waals surface area contributed by atoms with E-state index < -0.39 is 0 Å². The number of hydrogen-bond donors (Lipinski definition) is 0. The molecule has 1 aromatic heterocycles. The van der Waals surface area contributed by atoms with Crippen molar-refractivity contribution >= 4 is 17.2 Å². The molecule has 0 unspecified atom stereocenters. The summed E-state index contributed by atoms with van der Waals surface area (Å²) in [5.41, 5.74) is 2.16. The number of hydrogen-bond acceptors (Lipinski definition) is 5. The molecule has 2 aromatic rings. The first kappa shape index (κ1) is 19.8. The lowest BCUT2D eigenvalue weighted by atomic mass is 10.2. The van der Waals surface area contributed by atoms with E-state index in [9.17, 15) is 4.79 Å². The summed E-state index contributed by atoms with van der Waals surface area (Å²) in [6.07, 6.45) is 3.01. The number of nitrogens with zero attached hydrogens (tertiary/aromatic N) is 3. The van der Waals surface area contributed by atoms with Gasteiger partial charge in [0.05, 0.1) is 17.8 Å². The molecule has 0 aliphatic carbocycles. The van der Waals surface area contributed by atoms with Gasteiger partial charge in [0, 0.05) is 32.7 Å². The Balaban J connectivity index is 1.59. The normalized spacial score (nSPS) is 15.6. The maximum absolute atomic E-state index is 13.0. The third-order valence-electron chi connectivity index (χ3n) is 4.94. The number of carbonyl (C=O) groups excluding carboxylic acids is 1. The zero-order chi connectivity index (χ0) is 19.2. The van der Waals surface area contributed by atoms with Gasteiger partial charge in [-0.2, -0.15) is 0 Å². The quantitative estimate of drug-likeness (QED) is 0.757. The van der Waals surface area contributed by atoms with Crippen molar-refractivity contribution in [3.8, 4) is 5.75 Å². The molecule has 0 bridgehead atoms. The summed E-state index contributed by atoms with van der Waals surface area (Å²) in [5, 5.41) is 1.08. The van der Waals surface area contributed by atoms with E-state index in [1.54, 1.807) is 18.4 Å². The average molecular weight is 388 g/mol. The maximum Gasteiger partial charge on any atom is 0.265 e. The number of ether oxygens (including phenoxy) is 1. The minimum atomic E-state index is 0.152. The van der Waals surface area contributed by atoms with Crippen LogP contribution >= 0.6 is 11.3 Å².